The number of amides is 4. The predicted molar refractivity (Wildman–Crippen MR) is 290 cm³/mol. The summed E-state index contributed by atoms with van der Waals surface area (Å²) < 4.78 is 68.4. The van der Waals surface area contributed by atoms with Crippen molar-refractivity contribution in [3.05, 3.63) is 46.6 Å². The fourth-order valence-electron chi connectivity index (χ4n) is 9.01. The van der Waals surface area contributed by atoms with Crippen molar-refractivity contribution in [1.82, 2.24) is 50.6 Å². The van der Waals surface area contributed by atoms with E-state index in [1.807, 2.05) is 11.0 Å². The average molecular weight is 1170 g/mol. The molecule has 2 unspecified atom stereocenters. The molecule has 1 fully saturated rings. The van der Waals surface area contributed by atoms with Crippen LogP contribution in [-0.4, -0.2) is 238 Å². The number of aryl methyl sites for hydroxylation is 4. The standard InChI is InChI=1S/C50H77N11O17S2/c1-34-26-39(27-35(2)47(34)80(76,77)57-40(50(71)72)28-54-43(64)10-5-4-9-38-13-12-37-8-6-14-52-48(37)55-38)78-25-7-11-42(63)51-15-16-53-49(70)41(33-79(73,74)75)56-44(65)30-59-19-23-60(31-45(66)67)21-17-58(29-36(3)62)18-22-61(24-20-59)32-46(68)69/h12-13,26-27,40-41,57H,4-11,14-25,28-33H2,1-3H3,(H,51,63)(H,52,55)(H,53,70)(H,54,64)(H,56,65)(H,66,67)(H,68,69)(H,71,72)(H,73,74,75). The molecule has 0 bridgehead atoms. The van der Waals surface area contributed by atoms with Gasteiger partial charge in [-0.25, -0.2) is 13.4 Å². The summed E-state index contributed by atoms with van der Waals surface area (Å²) in [5.41, 5.74) is 2.56. The van der Waals surface area contributed by atoms with Crippen molar-refractivity contribution in [2.24, 2.45) is 0 Å². The van der Waals surface area contributed by atoms with Gasteiger partial charge in [0.25, 0.3) is 10.1 Å². The fraction of sp³-hybridized carbons (Fsp3) is 0.620. The van der Waals surface area contributed by atoms with Crippen LogP contribution in [0, 0.1) is 13.8 Å². The lowest BCUT2D eigenvalue weighted by Gasteiger charge is -2.33. The molecule has 0 spiro atoms. The number of carboxylic acid groups (broad SMARTS) is 3. The van der Waals surface area contributed by atoms with E-state index >= 15 is 0 Å². The molecule has 2 atom stereocenters. The highest BCUT2D eigenvalue weighted by Gasteiger charge is 2.30. The van der Waals surface area contributed by atoms with E-state index in [4.69, 9.17) is 4.74 Å². The number of aromatic nitrogens is 1. The van der Waals surface area contributed by atoms with E-state index in [1.54, 1.807) is 14.7 Å². The van der Waals surface area contributed by atoms with Gasteiger partial charge in [0.05, 0.1) is 37.7 Å². The maximum atomic E-state index is 13.5. The highest BCUT2D eigenvalue weighted by molar-refractivity contribution is 7.89. The largest absolute Gasteiger partial charge is 0.494 e. The van der Waals surface area contributed by atoms with Gasteiger partial charge in [0.1, 0.15) is 35.2 Å². The Balaban J connectivity index is 1.20. The maximum Gasteiger partial charge on any atom is 0.323 e. The number of pyridine rings is 1. The molecule has 3 heterocycles. The number of ketones is 1. The summed E-state index contributed by atoms with van der Waals surface area (Å²) in [5, 5.41) is 42.0. The minimum atomic E-state index is -4.82. The second-order valence-corrected chi connectivity index (χ2v) is 23.0. The molecule has 30 heteroatoms. The van der Waals surface area contributed by atoms with Crippen LogP contribution in [0.25, 0.3) is 0 Å². The van der Waals surface area contributed by atoms with Crippen LogP contribution in [-0.2, 0) is 71.3 Å². The Morgan fingerprint density at radius 1 is 0.700 bits per heavy atom. The number of carbonyl (C=O) groups excluding carboxylic acids is 5. The number of Topliss-reactive ketones (excluding diaryl/α,β-unsaturated/α-hetero) is 1. The summed E-state index contributed by atoms with van der Waals surface area (Å²) in [4.78, 5) is 110. The van der Waals surface area contributed by atoms with Gasteiger partial charge in [-0.2, -0.15) is 13.1 Å². The van der Waals surface area contributed by atoms with Gasteiger partial charge in [-0.3, -0.25) is 62.5 Å². The molecule has 446 valence electrons. The Kier molecular flexibility index (Phi) is 27.1. The normalized spacial score (nSPS) is 16.1. The van der Waals surface area contributed by atoms with Crippen molar-refractivity contribution in [2.45, 2.75) is 89.1 Å². The summed E-state index contributed by atoms with van der Waals surface area (Å²) in [6.07, 6.45) is 4.14. The molecular weight excluding hydrogens is 1090 g/mol. The van der Waals surface area contributed by atoms with Crippen LogP contribution >= 0.6 is 0 Å². The number of fused-ring (bicyclic) bond motifs is 1. The number of carboxylic acids is 3. The van der Waals surface area contributed by atoms with Crippen molar-refractivity contribution < 1.29 is 79.8 Å². The minimum absolute atomic E-state index is 0.0210. The smallest absolute Gasteiger partial charge is 0.323 e. The van der Waals surface area contributed by atoms with Crippen LogP contribution in [0.5, 0.6) is 5.75 Å². The molecule has 2 aliphatic rings. The number of anilines is 1. The average Bonchev–Trinajstić information content (AvgIpc) is 3.36. The van der Waals surface area contributed by atoms with E-state index < -0.39 is 92.6 Å². The number of unbranched alkanes of at least 4 members (excludes halogenated alkanes) is 1. The van der Waals surface area contributed by atoms with E-state index in [2.05, 4.69) is 42.4 Å². The number of nitrogens with zero attached hydrogens (tertiary/aromatic N) is 5. The molecule has 2 aromatic rings. The zero-order valence-electron chi connectivity index (χ0n) is 45.5. The van der Waals surface area contributed by atoms with Crippen molar-refractivity contribution >= 4 is 73.3 Å². The molecular formula is C50H77N11O17S2. The molecule has 28 nitrogen and oxygen atoms in total. The maximum absolute atomic E-state index is 13.5. The number of ether oxygens (including phenoxy) is 1. The van der Waals surface area contributed by atoms with E-state index in [0.717, 1.165) is 30.9 Å². The number of rotatable bonds is 31. The minimum Gasteiger partial charge on any atom is -0.494 e. The Labute approximate surface area is 465 Å². The van der Waals surface area contributed by atoms with Crippen LogP contribution in [0.2, 0.25) is 0 Å². The van der Waals surface area contributed by atoms with Gasteiger partial charge < -0.3 is 46.6 Å². The third-order valence-electron chi connectivity index (χ3n) is 12.9. The highest BCUT2D eigenvalue weighted by atomic mass is 32.2. The molecule has 4 rings (SSSR count). The summed E-state index contributed by atoms with van der Waals surface area (Å²) in [7, 11) is -9.23. The number of carbonyl (C=O) groups is 8. The van der Waals surface area contributed by atoms with Crippen LogP contribution in [0.15, 0.2) is 29.2 Å². The lowest BCUT2D eigenvalue weighted by Crippen LogP contribution is -2.54. The van der Waals surface area contributed by atoms with Gasteiger partial charge in [0, 0.05) is 97.1 Å². The van der Waals surface area contributed by atoms with Gasteiger partial charge >= 0.3 is 17.9 Å². The number of sulfonamides is 1. The topological polar surface area (TPSA) is 393 Å². The third kappa shape index (κ3) is 24.9. The number of hydrogen-bond donors (Lipinski definition) is 10. The van der Waals surface area contributed by atoms with Crippen LogP contribution < -0.4 is 36.0 Å². The third-order valence-corrected chi connectivity index (χ3v) is 15.4. The van der Waals surface area contributed by atoms with Crippen molar-refractivity contribution in [3.63, 3.8) is 0 Å². The predicted octanol–water partition coefficient (Wildman–Crippen LogP) is -1.94. The number of hydrogen-bond acceptors (Lipinski definition) is 19. The molecule has 1 aromatic heterocycles. The van der Waals surface area contributed by atoms with E-state index in [9.17, 15) is 75.1 Å². The first-order valence-electron chi connectivity index (χ1n) is 26.4. The fourth-order valence-corrected chi connectivity index (χ4v) is 11.3. The first-order valence-corrected chi connectivity index (χ1v) is 29.5. The van der Waals surface area contributed by atoms with Gasteiger partial charge in [-0.1, -0.05) is 6.07 Å². The second kappa shape index (κ2) is 32.7. The summed E-state index contributed by atoms with van der Waals surface area (Å²) >= 11 is 0. The lowest BCUT2D eigenvalue weighted by molar-refractivity contribution is -0.140. The van der Waals surface area contributed by atoms with E-state index in [-0.39, 0.29) is 125 Å². The van der Waals surface area contributed by atoms with E-state index in [1.165, 1.54) is 38.5 Å². The van der Waals surface area contributed by atoms with Crippen molar-refractivity contribution in [3.8, 4) is 5.75 Å². The van der Waals surface area contributed by atoms with Crippen LogP contribution in [0.4, 0.5) is 5.82 Å². The lowest BCUT2D eigenvalue weighted by atomic mass is 10.1. The molecule has 1 saturated heterocycles. The number of nitrogens with one attached hydrogen (secondary N) is 6. The Morgan fingerprint density at radius 3 is 1.81 bits per heavy atom. The monoisotopic (exact) mass is 1170 g/mol. The molecule has 0 aliphatic carbocycles. The summed E-state index contributed by atoms with van der Waals surface area (Å²) in [6.45, 7) is 5.00. The van der Waals surface area contributed by atoms with Crippen LogP contribution in [0.3, 0.4) is 0 Å². The summed E-state index contributed by atoms with van der Waals surface area (Å²) in [6, 6.07) is 3.48. The molecule has 0 radical (unpaired) electrons. The molecule has 10 N–H and O–H groups in total. The number of aliphatic carboxylic acids is 3. The van der Waals surface area contributed by atoms with Crippen molar-refractivity contribution in [2.75, 3.05) is 122 Å². The Morgan fingerprint density at radius 2 is 1.25 bits per heavy atom. The van der Waals surface area contributed by atoms with Gasteiger partial charge in [-0.15, -0.1) is 0 Å². The van der Waals surface area contributed by atoms with Gasteiger partial charge in [-0.05, 0) is 94.2 Å². The summed E-state index contributed by atoms with van der Waals surface area (Å²) in [5.74, 6) is -6.56. The highest BCUT2D eigenvalue weighted by Crippen LogP contribution is 2.26. The number of benzene rings is 1. The first-order chi connectivity index (χ1) is 37.8. The zero-order valence-corrected chi connectivity index (χ0v) is 47.1. The molecule has 1 aromatic carbocycles. The zero-order chi connectivity index (χ0) is 59.0. The van der Waals surface area contributed by atoms with E-state index in [0.29, 0.717) is 32.4 Å². The first kappa shape index (κ1) is 66.1. The SMILES string of the molecule is CC(=O)CN1CCN(CC(=O)O)CCN(CC(=O)NC(CS(=O)(=O)O)C(=O)NCCNC(=O)CCCOc2cc(C)c(S(=O)(=O)NC(CNC(=O)CCCCc3ccc4c(n3)NCCC4)C(=O)O)c(C)c2)CCN(CC(=O)O)CC1. The molecule has 0 saturated carbocycles. The second-order valence-electron chi connectivity index (χ2n) is 19.8. The van der Waals surface area contributed by atoms with Gasteiger partial charge in [0.2, 0.25) is 33.7 Å². The Bertz CT molecular complexity index is 2660. The molecule has 4 amide bonds. The molecule has 2 aliphatic heterocycles. The van der Waals surface area contributed by atoms with Gasteiger partial charge in [0.15, 0.2) is 0 Å². The van der Waals surface area contributed by atoms with Crippen LogP contribution in [0.1, 0.15) is 67.8 Å². The quantitative estimate of drug-likeness (QED) is 0.0290. The molecule has 80 heavy (non-hydrogen) atoms. The Hall–Kier alpha value is -6.41. The van der Waals surface area contributed by atoms with Crippen molar-refractivity contribution in [1.29, 1.82) is 0 Å².